The second kappa shape index (κ2) is 3.60. The summed E-state index contributed by atoms with van der Waals surface area (Å²) in [6.45, 7) is 0.510. The van der Waals surface area contributed by atoms with Crippen LogP contribution in [-0.4, -0.2) is 17.8 Å². The Labute approximate surface area is 90.5 Å². The van der Waals surface area contributed by atoms with Crippen molar-refractivity contribution >= 4 is 33.8 Å². The average Bonchev–Trinajstić information content (AvgIpc) is 2.71. The average molecular weight is 227 g/mol. The van der Waals surface area contributed by atoms with Crippen molar-refractivity contribution in [3.63, 3.8) is 0 Å². The van der Waals surface area contributed by atoms with Crippen LogP contribution in [0.15, 0.2) is 11.4 Å². The van der Waals surface area contributed by atoms with E-state index in [2.05, 4.69) is 6.07 Å². The quantitative estimate of drug-likeness (QED) is 0.688. The second-order valence-corrected chi connectivity index (χ2v) is 4.57. The number of hydrogen-bond acceptors (Lipinski definition) is 3. The van der Waals surface area contributed by atoms with Crippen LogP contribution in [0.2, 0.25) is 0 Å². The Hall–Kier alpha value is -1.05. The minimum absolute atomic E-state index is 0.00366. The maximum absolute atomic E-state index is 11.5. The summed E-state index contributed by atoms with van der Waals surface area (Å²) >= 11 is 7.27. The smallest absolute Gasteiger partial charge is 0.229 e. The van der Waals surface area contributed by atoms with Gasteiger partial charge in [0.05, 0.1) is 10.9 Å². The molecule has 72 valence electrons. The van der Waals surface area contributed by atoms with E-state index in [1.807, 2.05) is 5.38 Å². The van der Waals surface area contributed by atoms with Crippen molar-refractivity contribution in [3.8, 4) is 6.07 Å². The van der Waals surface area contributed by atoms with E-state index >= 15 is 0 Å². The van der Waals surface area contributed by atoms with Crippen LogP contribution in [-0.2, 0) is 4.79 Å². The number of carbonyl (C=O) groups excluding carboxylic acids is 1. The molecular weight excluding hydrogens is 220 g/mol. The molecule has 1 aliphatic rings. The fraction of sp³-hybridized carbons (Fsp3) is 0.333. The largest absolute Gasteiger partial charge is 0.301 e. The van der Waals surface area contributed by atoms with Gasteiger partial charge in [-0.15, -0.1) is 22.9 Å². The maximum Gasteiger partial charge on any atom is 0.229 e. The summed E-state index contributed by atoms with van der Waals surface area (Å²) in [7, 11) is 0. The minimum Gasteiger partial charge on any atom is -0.301 e. The van der Waals surface area contributed by atoms with Crippen molar-refractivity contribution in [1.29, 1.82) is 5.26 Å². The number of carbonyl (C=O) groups is 1. The third kappa shape index (κ3) is 1.49. The van der Waals surface area contributed by atoms with Gasteiger partial charge in [-0.05, 0) is 11.4 Å². The van der Waals surface area contributed by atoms with Gasteiger partial charge in [0.25, 0.3) is 0 Å². The van der Waals surface area contributed by atoms with Gasteiger partial charge < -0.3 is 4.90 Å². The highest BCUT2D eigenvalue weighted by molar-refractivity contribution is 7.14. The van der Waals surface area contributed by atoms with Crippen LogP contribution in [0.4, 0.5) is 5.00 Å². The summed E-state index contributed by atoms with van der Waals surface area (Å²) in [6, 6.07) is 3.78. The van der Waals surface area contributed by atoms with E-state index in [0.717, 1.165) is 5.00 Å². The van der Waals surface area contributed by atoms with Crippen molar-refractivity contribution in [2.75, 3.05) is 11.4 Å². The number of alkyl halides is 1. The number of thiophene rings is 1. The van der Waals surface area contributed by atoms with Gasteiger partial charge in [-0.25, -0.2) is 0 Å². The number of amides is 1. The molecule has 1 aromatic rings. The Morgan fingerprint density at radius 2 is 2.50 bits per heavy atom. The third-order valence-electron chi connectivity index (χ3n) is 2.09. The summed E-state index contributed by atoms with van der Waals surface area (Å²) in [5, 5.41) is 11.2. The summed E-state index contributed by atoms with van der Waals surface area (Å²) in [6.07, 6.45) is 0.365. The highest BCUT2D eigenvalue weighted by Crippen LogP contribution is 2.31. The monoisotopic (exact) mass is 226 g/mol. The van der Waals surface area contributed by atoms with Gasteiger partial charge in [0.15, 0.2) is 0 Å². The summed E-state index contributed by atoms with van der Waals surface area (Å²) in [5.74, 6) is 0.00366. The van der Waals surface area contributed by atoms with Gasteiger partial charge >= 0.3 is 0 Å². The van der Waals surface area contributed by atoms with Gasteiger partial charge in [0.2, 0.25) is 5.91 Å². The molecule has 0 spiro atoms. The minimum atomic E-state index is -0.129. The van der Waals surface area contributed by atoms with Gasteiger partial charge in [0, 0.05) is 13.0 Å². The molecule has 0 radical (unpaired) electrons. The topological polar surface area (TPSA) is 44.1 Å². The van der Waals surface area contributed by atoms with Crippen LogP contribution >= 0.6 is 22.9 Å². The van der Waals surface area contributed by atoms with Crippen molar-refractivity contribution in [2.45, 2.75) is 11.8 Å². The van der Waals surface area contributed by atoms with Crippen LogP contribution in [0, 0.1) is 11.3 Å². The molecule has 1 atom stereocenters. The van der Waals surface area contributed by atoms with Gasteiger partial charge in [0.1, 0.15) is 11.1 Å². The van der Waals surface area contributed by atoms with Gasteiger partial charge in [-0.2, -0.15) is 5.26 Å². The molecule has 1 amide bonds. The Morgan fingerprint density at radius 3 is 3.07 bits per heavy atom. The SMILES string of the molecule is N#Cc1ccsc1N1CC(Cl)CC1=O. The van der Waals surface area contributed by atoms with Gasteiger partial charge in [-0.3, -0.25) is 4.79 Å². The molecule has 1 aromatic heterocycles. The first-order chi connectivity index (χ1) is 6.72. The van der Waals surface area contributed by atoms with Crippen molar-refractivity contribution in [3.05, 3.63) is 17.0 Å². The number of anilines is 1. The normalized spacial score (nSPS) is 21.3. The first-order valence-electron chi connectivity index (χ1n) is 4.14. The molecule has 0 aromatic carbocycles. The summed E-state index contributed by atoms with van der Waals surface area (Å²) in [4.78, 5) is 13.1. The number of rotatable bonds is 1. The van der Waals surface area contributed by atoms with E-state index in [0.29, 0.717) is 18.5 Å². The van der Waals surface area contributed by atoms with Crippen molar-refractivity contribution in [2.24, 2.45) is 0 Å². The fourth-order valence-corrected chi connectivity index (χ4v) is 2.60. The molecule has 1 fully saturated rings. The van der Waals surface area contributed by atoms with Crippen LogP contribution in [0.3, 0.4) is 0 Å². The number of hydrogen-bond donors (Lipinski definition) is 0. The van der Waals surface area contributed by atoms with Crippen LogP contribution < -0.4 is 4.90 Å². The predicted molar refractivity (Wildman–Crippen MR) is 55.6 cm³/mol. The maximum atomic E-state index is 11.5. The Balaban J connectivity index is 2.32. The molecule has 0 N–H and O–H groups in total. The van der Waals surface area contributed by atoms with Crippen LogP contribution in [0.5, 0.6) is 0 Å². The first kappa shape index (κ1) is 9.50. The zero-order valence-electron chi connectivity index (χ0n) is 7.24. The molecular formula is C9H7ClN2OS. The Kier molecular flexibility index (Phi) is 2.44. The van der Waals surface area contributed by atoms with E-state index in [9.17, 15) is 4.79 Å². The van der Waals surface area contributed by atoms with E-state index in [4.69, 9.17) is 16.9 Å². The van der Waals surface area contributed by atoms with Gasteiger partial charge in [-0.1, -0.05) is 0 Å². The third-order valence-corrected chi connectivity index (χ3v) is 3.32. The molecule has 0 saturated carbocycles. The van der Waals surface area contributed by atoms with Crippen LogP contribution in [0.25, 0.3) is 0 Å². The Morgan fingerprint density at radius 1 is 1.71 bits per heavy atom. The van der Waals surface area contributed by atoms with Crippen molar-refractivity contribution < 1.29 is 4.79 Å². The second-order valence-electron chi connectivity index (χ2n) is 3.06. The van der Waals surface area contributed by atoms with E-state index in [1.54, 1.807) is 11.0 Å². The molecule has 0 bridgehead atoms. The van der Waals surface area contributed by atoms with E-state index in [-0.39, 0.29) is 11.3 Å². The molecule has 2 heterocycles. The summed E-state index contributed by atoms with van der Waals surface area (Å²) in [5.41, 5.74) is 0.550. The molecule has 0 aliphatic carbocycles. The van der Waals surface area contributed by atoms with Crippen LogP contribution in [0.1, 0.15) is 12.0 Å². The highest BCUT2D eigenvalue weighted by Gasteiger charge is 2.31. The lowest BCUT2D eigenvalue weighted by Crippen LogP contribution is -2.24. The zero-order chi connectivity index (χ0) is 10.1. The zero-order valence-corrected chi connectivity index (χ0v) is 8.81. The van der Waals surface area contributed by atoms with E-state index in [1.165, 1.54) is 11.3 Å². The van der Waals surface area contributed by atoms with E-state index < -0.39 is 0 Å². The molecule has 1 unspecified atom stereocenters. The molecule has 2 rings (SSSR count). The molecule has 5 heteroatoms. The first-order valence-corrected chi connectivity index (χ1v) is 5.46. The molecule has 3 nitrogen and oxygen atoms in total. The number of nitriles is 1. The Bertz CT molecular complexity index is 409. The number of halogens is 1. The van der Waals surface area contributed by atoms with Crippen molar-refractivity contribution in [1.82, 2.24) is 0 Å². The lowest BCUT2D eigenvalue weighted by atomic mass is 10.3. The fourth-order valence-electron chi connectivity index (χ4n) is 1.46. The predicted octanol–water partition coefficient (Wildman–Crippen LogP) is 1.96. The molecule has 1 aliphatic heterocycles. The highest BCUT2D eigenvalue weighted by atomic mass is 35.5. The number of nitrogens with zero attached hydrogens (tertiary/aromatic N) is 2. The molecule has 14 heavy (non-hydrogen) atoms. The molecule has 1 saturated heterocycles. The summed E-state index contributed by atoms with van der Waals surface area (Å²) < 4.78 is 0. The lowest BCUT2D eigenvalue weighted by molar-refractivity contribution is -0.117. The standard InChI is InChI=1S/C9H7ClN2OS/c10-7-3-8(13)12(5-7)9-6(4-11)1-2-14-9/h1-2,7H,3,5H2. The lowest BCUT2D eigenvalue weighted by Gasteiger charge is -2.13.